The van der Waals surface area contributed by atoms with Crippen LogP contribution < -0.4 is 0 Å². The van der Waals surface area contributed by atoms with Gasteiger partial charge in [-0.2, -0.15) is 0 Å². The molecule has 0 N–H and O–H groups in total. The minimum Gasteiger partial charge on any atom is -0.462 e. The van der Waals surface area contributed by atoms with Crippen molar-refractivity contribution in [2.75, 3.05) is 13.2 Å². The number of hydrogen-bond acceptors (Lipinski definition) is 6. The summed E-state index contributed by atoms with van der Waals surface area (Å²) in [6.45, 7) is 5.61. The van der Waals surface area contributed by atoms with Crippen LogP contribution >= 0.6 is 0 Å². The number of rotatable bonds is 4. The molecule has 2 aromatic rings. The van der Waals surface area contributed by atoms with Crippen molar-refractivity contribution in [1.29, 1.82) is 0 Å². The van der Waals surface area contributed by atoms with Crippen LogP contribution in [0.4, 0.5) is 0 Å². The molecule has 0 bridgehead atoms. The first kappa shape index (κ1) is 15.0. The second kappa shape index (κ2) is 5.90. The van der Waals surface area contributed by atoms with Crippen molar-refractivity contribution >= 4 is 23.1 Å². The number of pyridine rings is 1. The van der Waals surface area contributed by atoms with E-state index in [0.29, 0.717) is 11.2 Å². The van der Waals surface area contributed by atoms with Crippen molar-refractivity contribution in [1.82, 2.24) is 14.5 Å². The van der Waals surface area contributed by atoms with Gasteiger partial charge in [-0.05, 0) is 26.8 Å². The number of fused-ring (bicyclic) bond motifs is 1. The molecule has 0 saturated carbocycles. The fourth-order valence-corrected chi connectivity index (χ4v) is 1.94. The van der Waals surface area contributed by atoms with Crippen molar-refractivity contribution < 1.29 is 19.1 Å². The van der Waals surface area contributed by atoms with Crippen LogP contribution in [-0.4, -0.2) is 39.7 Å². The van der Waals surface area contributed by atoms with Crippen LogP contribution in [0.3, 0.4) is 0 Å². The Hall–Kier alpha value is -2.44. The van der Waals surface area contributed by atoms with Gasteiger partial charge in [0.2, 0.25) is 0 Å². The van der Waals surface area contributed by atoms with Gasteiger partial charge in [-0.25, -0.2) is 19.6 Å². The zero-order valence-corrected chi connectivity index (χ0v) is 12.5. The molecule has 0 saturated heterocycles. The van der Waals surface area contributed by atoms with Gasteiger partial charge < -0.3 is 14.0 Å². The van der Waals surface area contributed by atoms with Gasteiger partial charge in [-0.15, -0.1) is 0 Å². The number of nitrogens with zero attached hydrogens (tertiary/aromatic N) is 3. The summed E-state index contributed by atoms with van der Waals surface area (Å²) < 4.78 is 11.7. The first-order valence-electron chi connectivity index (χ1n) is 6.67. The SMILES string of the molecule is CCOC(=O)c1cc2c(nc1C(=O)OCC)nc(C)n2C. The van der Waals surface area contributed by atoms with E-state index in [1.807, 2.05) is 14.0 Å². The fourth-order valence-electron chi connectivity index (χ4n) is 1.94. The number of esters is 2. The second-order valence-corrected chi connectivity index (χ2v) is 4.39. The number of carbonyl (C=O) groups excluding carboxylic acids is 2. The third kappa shape index (κ3) is 2.72. The lowest BCUT2D eigenvalue weighted by Gasteiger charge is -2.08. The Morgan fingerprint density at radius 1 is 1.14 bits per heavy atom. The highest BCUT2D eigenvalue weighted by atomic mass is 16.5. The number of carbonyl (C=O) groups is 2. The maximum atomic E-state index is 12.0. The largest absolute Gasteiger partial charge is 0.462 e. The Morgan fingerprint density at radius 3 is 2.38 bits per heavy atom. The minimum atomic E-state index is -0.661. The Kier molecular flexibility index (Phi) is 4.21. The van der Waals surface area contributed by atoms with Gasteiger partial charge in [0.1, 0.15) is 5.82 Å². The van der Waals surface area contributed by atoms with Crippen molar-refractivity contribution in [2.45, 2.75) is 20.8 Å². The highest BCUT2D eigenvalue weighted by Gasteiger charge is 2.23. The fraction of sp³-hybridized carbons (Fsp3) is 0.429. The van der Waals surface area contributed by atoms with Crippen molar-refractivity contribution in [3.63, 3.8) is 0 Å². The molecule has 0 fully saturated rings. The van der Waals surface area contributed by atoms with Crippen LogP contribution in [0.25, 0.3) is 11.2 Å². The van der Waals surface area contributed by atoms with E-state index in [2.05, 4.69) is 9.97 Å². The molecule has 0 aliphatic heterocycles. The summed E-state index contributed by atoms with van der Waals surface area (Å²) in [7, 11) is 1.81. The normalized spacial score (nSPS) is 10.7. The Balaban J connectivity index is 2.65. The zero-order chi connectivity index (χ0) is 15.6. The molecule has 0 radical (unpaired) electrons. The summed E-state index contributed by atoms with van der Waals surface area (Å²) >= 11 is 0. The summed E-state index contributed by atoms with van der Waals surface area (Å²) in [5, 5.41) is 0. The van der Waals surface area contributed by atoms with E-state index >= 15 is 0 Å². The van der Waals surface area contributed by atoms with Crippen molar-refractivity contribution in [2.24, 2.45) is 7.05 Å². The minimum absolute atomic E-state index is 0.0686. The first-order valence-corrected chi connectivity index (χ1v) is 6.67. The number of aromatic nitrogens is 3. The van der Waals surface area contributed by atoms with Crippen LogP contribution in [0.5, 0.6) is 0 Å². The van der Waals surface area contributed by atoms with E-state index in [-0.39, 0.29) is 24.5 Å². The first-order chi connectivity index (χ1) is 9.99. The monoisotopic (exact) mass is 291 g/mol. The summed E-state index contributed by atoms with van der Waals surface area (Å²) in [5.74, 6) is -0.534. The summed E-state index contributed by atoms with van der Waals surface area (Å²) in [4.78, 5) is 32.4. The van der Waals surface area contributed by atoms with E-state index < -0.39 is 11.9 Å². The zero-order valence-electron chi connectivity index (χ0n) is 12.5. The maximum Gasteiger partial charge on any atom is 0.357 e. The molecule has 0 spiro atoms. The summed E-state index contributed by atoms with van der Waals surface area (Å²) in [6, 6.07) is 1.56. The summed E-state index contributed by atoms with van der Waals surface area (Å²) in [6.07, 6.45) is 0. The van der Waals surface area contributed by atoms with E-state index in [4.69, 9.17) is 9.47 Å². The van der Waals surface area contributed by atoms with Gasteiger partial charge in [-0.3, -0.25) is 0 Å². The molecular weight excluding hydrogens is 274 g/mol. The van der Waals surface area contributed by atoms with Crippen LogP contribution in [0, 0.1) is 6.92 Å². The van der Waals surface area contributed by atoms with Crippen LogP contribution in [0.15, 0.2) is 6.07 Å². The average Bonchev–Trinajstić information content (AvgIpc) is 2.73. The Morgan fingerprint density at radius 2 is 1.76 bits per heavy atom. The molecule has 2 rings (SSSR count). The van der Waals surface area contributed by atoms with Gasteiger partial charge in [-0.1, -0.05) is 0 Å². The van der Waals surface area contributed by atoms with E-state index in [9.17, 15) is 9.59 Å². The van der Waals surface area contributed by atoms with Gasteiger partial charge in [0.25, 0.3) is 0 Å². The predicted octanol–water partition coefficient (Wildman–Crippen LogP) is 1.63. The van der Waals surface area contributed by atoms with Crippen LogP contribution in [-0.2, 0) is 16.5 Å². The molecule has 0 aliphatic rings. The number of ether oxygens (including phenoxy) is 2. The molecule has 112 valence electrons. The predicted molar refractivity (Wildman–Crippen MR) is 75.2 cm³/mol. The highest BCUT2D eigenvalue weighted by molar-refractivity contribution is 6.04. The number of imidazole rings is 1. The standard InChI is InChI=1S/C14H17N3O4/c1-5-20-13(18)9-7-10-12(15-8(3)17(10)4)16-11(9)14(19)21-6-2/h7H,5-6H2,1-4H3. The lowest BCUT2D eigenvalue weighted by atomic mass is 10.2. The maximum absolute atomic E-state index is 12.0. The molecule has 0 atom stereocenters. The van der Waals surface area contributed by atoms with Gasteiger partial charge >= 0.3 is 11.9 Å². The molecule has 0 aromatic carbocycles. The average molecular weight is 291 g/mol. The third-order valence-corrected chi connectivity index (χ3v) is 3.06. The molecule has 0 aliphatic carbocycles. The van der Waals surface area contributed by atoms with Crippen LogP contribution in [0.1, 0.15) is 40.5 Å². The summed E-state index contributed by atoms with van der Waals surface area (Å²) in [5.41, 5.74) is 1.07. The quantitative estimate of drug-likeness (QED) is 0.796. The lowest BCUT2D eigenvalue weighted by Crippen LogP contribution is -2.16. The van der Waals surface area contributed by atoms with Crippen molar-refractivity contribution in [3.8, 4) is 0 Å². The Bertz CT molecular complexity index is 706. The van der Waals surface area contributed by atoms with Crippen LogP contribution in [0.2, 0.25) is 0 Å². The molecule has 2 aromatic heterocycles. The van der Waals surface area contributed by atoms with Gasteiger partial charge in [0, 0.05) is 7.05 Å². The Labute approximate surface area is 121 Å². The third-order valence-electron chi connectivity index (χ3n) is 3.06. The van der Waals surface area contributed by atoms with E-state index in [1.165, 1.54) is 0 Å². The molecule has 2 heterocycles. The smallest absolute Gasteiger partial charge is 0.357 e. The second-order valence-electron chi connectivity index (χ2n) is 4.39. The lowest BCUT2D eigenvalue weighted by molar-refractivity contribution is 0.0474. The highest BCUT2D eigenvalue weighted by Crippen LogP contribution is 2.19. The molecule has 0 amide bonds. The van der Waals surface area contributed by atoms with Gasteiger partial charge in [0.15, 0.2) is 11.3 Å². The molecule has 7 nitrogen and oxygen atoms in total. The number of aryl methyl sites for hydroxylation is 2. The molecular formula is C14H17N3O4. The van der Waals surface area contributed by atoms with E-state index in [0.717, 1.165) is 5.82 Å². The van der Waals surface area contributed by atoms with Gasteiger partial charge in [0.05, 0.1) is 24.3 Å². The molecule has 0 unspecified atom stereocenters. The van der Waals surface area contributed by atoms with Crippen molar-refractivity contribution in [3.05, 3.63) is 23.1 Å². The number of hydrogen-bond donors (Lipinski definition) is 0. The topological polar surface area (TPSA) is 83.3 Å². The van der Waals surface area contributed by atoms with E-state index in [1.54, 1.807) is 24.5 Å². The molecule has 21 heavy (non-hydrogen) atoms. The molecule has 7 heteroatoms.